The van der Waals surface area contributed by atoms with Gasteiger partial charge in [0.05, 0.1) is 5.92 Å². The highest BCUT2D eigenvalue weighted by Gasteiger charge is 2.33. The molecule has 136 valence electrons. The van der Waals surface area contributed by atoms with Crippen LogP contribution in [0.4, 0.5) is 0 Å². The number of fused-ring (bicyclic) bond motifs is 1. The molecule has 0 aromatic heterocycles. The smallest absolute Gasteiger partial charge is 0.225 e. The van der Waals surface area contributed by atoms with Crippen LogP contribution in [-0.2, 0) is 22.4 Å². The highest BCUT2D eigenvalue weighted by Crippen LogP contribution is 2.32. The second kappa shape index (κ2) is 7.19. The van der Waals surface area contributed by atoms with Gasteiger partial charge in [-0.2, -0.15) is 0 Å². The number of nitrogens with one attached hydrogen (secondary N) is 1. The molecule has 1 fully saturated rings. The normalized spacial score (nSPS) is 21.1. The highest BCUT2D eigenvalue weighted by molar-refractivity contribution is 5.81. The van der Waals surface area contributed by atoms with Crippen LogP contribution in [0, 0.1) is 11.8 Å². The van der Waals surface area contributed by atoms with E-state index in [4.69, 9.17) is 0 Å². The quantitative estimate of drug-likeness (QED) is 0.914. The summed E-state index contributed by atoms with van der Waals surface area (Å²) in [5, 5.41) is 3.26. The third-order valence-corrected chi connectivity index (χ3v) is 5.63. The summed E-state index contributed by atoms with van der Waals surface area (Å²) in [5.74, 6) is 0.692. The largest absolute Gasteiger partial charge is 0.351 e. The first-order chi connectivity index (χ1) is 11.8. The molecular weight excluding hydrogens is 312 g/mol. The first kappa shape index (κ1) is 18.0. The molecule has 25 heavy (non-hydrogen) atoms. The fraction of sp³-hybridized carbons (Fsp3) is 0.619. The van der Waals surface area contributed by atoms with Gasteiger partial charge in [0.1, 0.15) is 0 Å². The van der Waals surface area contributed by atoms with Crippen LogP contribution < -0.4 is 5.32 Å². The van der Waals surface area contributed by atoms with E-state index >= 15 is 0 Å². The molecule has 1 aliphatic carbocycles. The van der Waals surface area contributed by atoms with Gasteiger partial charge in [-0.3, -0.25) is 9.59 Å². The van der Waals surface area contributed by atoms with Gasteiger partial charge in [0.25, 0.3) is 0 Å². The molecule has 0 bridgehead atoms. The molecule has 0 spiro atoms. The minimum Gasteiger partial charge on any atom is -0.351 e. The minimum absolute atomic E-state index is 0.0699. The van der Waals surface area contributed by atoms with E-state index in [1.807, 2.05) is 0 Å². The zero-order valence-corrected chi connectivity index (χ0v) is 15.7. The van der Waals surface area contributed by atoms with Gasteiger partial charge >= 0.3 is 0 Å². The topological polar surface area (TPSA) is 49.4 Å². The predicted octanol–water partition coefficient (Wildman–Crippen LogP) is 2.94. The maximum atomic E-state index is 12.7. The van der Waals surface area contributed by atoms with Crippen LogP contribution in [-0.4, -0.2) is 35.3 Å². The van der Waals surface area contributed by atoms with Crippen molar-refractivity contribution >= 4 is 11.8 Å². The maximum Gasteiger partial charge on any atom is 0.225 e. The van der Waals surface area contributed by atoms with Crippen LogP contribution in [0.2, 0.25) is 0 Å². The number of hydrogen-bond donors (Lipinski definition) is 1. The number of likely N-dealkylation sites (tertiary alicyclic amines) is 1. The summed E-state index contributed by atoms with van der Waals surface area (Å²) in [6.07, 6.45) is 4.99. The van der Waals surface area contributed by atoms with Gasteiger partial charge in [0, 0.05) is 25.6 Å². The Bertz CT molecular complexity index is 628. The standard InChI is InChI=1S/C21H30N2O2/c1-15(24)23-10-6-9-19(14-23)20(25)22-21(2,3)13-16-11-17-7-4-5-8-18(17)12-16/h4-5,7-8,16,19H,6,9-14H2,1-3H3,(H,22,25)/t19-/m1/s1. The van der Waals surface area contributed by atoms with E-state index in [-0.39, 0.29) is 23.3 Å². The van der Waals surface area contributed by atoms with E-state index in [1.165, 1.54) is 11.1 Å². The average molecular weight is 342 g/mol. The van der Waals surface area contributed by atoms with Crippen molar-refractivity contribution < 1.29 is 9.59 Å². The van der Waals surface area contributed by atoms with E-state index in [1.54, 1.807) is 11.8 Å². The molecule has 0 saturated carbocycles. The first-order valence-corrected chi connectivity index (χ1v) is 9.48. The molecule has 1 aromatic carbocycles. The van der Waals surface area contributed by atoms with Gasteiger partial charge in [-0.05, 0) is 63.0 Å². The minimum atomic E-state index is -0.220. The van der Waals surface area contributed by atoms with E-state index in [2.05, 4.69) is 43.4 Å². The van der Waals surface area contributed by atoms with Gasteiger partial charge in [-0.15, -0.1) is 0 Å². The second-order valence-corrected chi connectivity index (χ2v) is 8.42. The fourth-order valence-corrected chi connectivity index (χ4v) is 4.48. The number of carbonyl (C=O) groups excluding carboxylic acids is 2. The van der Waals surface area contributed by atoms with Gasteiger partial charge < -0.3 is 10.2 Å². The molecule has 1 aliphatic heterocycles. The molecule has 4 nitrogen and oxygen atoms in total. The van der Waals surface area contributed by atoms with Crippen molar-refractivity contribution in [2.24, 2.45) is 11.8 Å². The van der Waals surface area contributed by atoms with Gasteiger partial charge in [0.2, 0.25) is 11.8 Å². The van der Waals surface area contributed by atoms with E-state index in [0.717, 1.165) is 38.6 Å². The Kier molecular flexibility index (Phi) is 5.16. The summed E-state index contributed by atoms with van der Waals surface area (Å²) in [5.41, 5.74) is 2.69. The Hall–Kier alpha value is -1.84. The van der Waals surface area contributed by atoms with Crippen molar-refractivity contribution in [3.05, 3.63) is 35.4 Å². The molecule has 1 N–H and O–H groups in total. The zero-order chi connectivity index (χ0) is 18.0. The molecule has 1 atom stereocenters. The lowest BCUT2D eigenvalue weighted by molar-refractivity contribution is -0.134. The monoisotopic (exact) mass is 342 g/mol. The summed E-state index contributed by atoms with van der Waals surface area (Å²) in [6, 6.07) is 8.66. The third kappa shape index (κ3) is 4.42. The third-order valence-electron chi connectivity index (χ3n) is 5.63. The number of piperidine rings is 1. The van der Waals surface area contributed by atoms with Crippen molar-refractivity contribution in [3.8, 4) is 0 Å². The molecule has 3 rings (SSSR count). The Balaban J connectivity index is 1.54. The van der Waals surface area contributed by atoms with E-state index in [0.29, 0.717) is 12.5 Å². The van der Waals surface area contributed by atoms with Crippen molar-refractivity contribution in [2.45, 2.75) is 58.4 Å². The Morgan fingerprint density at radius 3 is 2.44 bits per heavy atom. The van der Waals surface area contributed by atoms with E-state index in [9.17, 15) is 9.59 Å². The maximum absolute atomic E-state index is 12.7. The van der Waals surface area contributed by atoms with Crippen LogP contribution in [0.1, 0.15) is 51.2 Å². The number of nitrogens with zero attached hydrogens (tertiary/aromatic N) is 1. The van der Waals surface area contributed by atoms with Crippen LogP contribution in [0.25, 0.3) is 0 Å². The van der Waals surface area contributed by atoms with Gasteiger partial charge in [-0.1, -0.05) is 24.3 Å². The molecule has 1 aromatic rings. The molecule has 1 saturated heterocycles. The van der Waals surface area contributed by atoms with Crippen molar-refractivity contribution in [1.29, 1.82) is 0 Å². The molecule has 2 aliphatic rings. The fourth-order valence-electron chi connectivity index (χ4n) is 4.48. The average Bonchev–Trinajstić information content (AvgIpc) is 2.95. The summed E-state index contributed by atoms with van der Waals surface area (Å²) in [6.45, 7) is 7.18. The lowest BCUT2D eigenvalue weighted by Crippen LogP contribution is -2.51. The number of hydrogen-bond acceptors (Lipinski definition) is 2. The first-order valence-electron chi connectivity index (χ1n) is 9.48. The zero-order valence-electron chi connectivity index (χ0n) is 15.7. The Labute approximate surface area is 151 Å². The Morgan fingerprint density at radius 2 is 1.84 bits per heavy atom. The number of benzene rings is 1. The number of amides is 2. The molecule has 1 heterocycles. The van der Waals surface area contributed by atoms with Crippen LogP contribution in [0.5, 0.6) is 0 Å². The van der Waals surface area contributed by atoms with E-state index < -0.39 is 0 Å². The van der Waals surface area contributed by atoms with Gasteiger partial charge in [0.15, 0.2) is 0 Å². The Morgan fingerprint density at radius 1 is 1.20 bits per heavy atom. The van der Waals surface area contributed by atoms with Gasteiger partial charge in [-0.25, -0.2) is 0 Å². The number of rotatable bonds is 4. The van der Waals surface area contributed by atoms with Crippen LogP contribution in [0.3, 0.4) is 0 Å². The SMILES string of the molecule is CC(=O)N1CCC[C@@H](C(=O)NC(C)(C)CC2Cc3ccccc3C2)C1. The van der Waals surface area contributed by atoms with Crippen LogP contribution in [0.15, 0.2) is 24.3 Å². The molecule has 0 unspecified atom stereocenters. The van der Waals surface area contributed by atoms with Crippen molar-refractivity contribution in [1.82, 2.24) is 10.2 Å². The summed E-state index contributed by atoms with van der Waals surface area (Å²) < 4.78 is 0. The van der Waals surface area contributed by atoms with Crippen LogP contribution >= 0.6 is 0 Å². The molecule has 2 amide bonds. The summed E-state index contributed by atoms with van der Waals surface area (Å²) in [4.78, 5) is 26.1. The lowest BCUT2D eigenvalue weighted by Gasteiger charge is -2.35. The molecular formula is C21H30N2O2. The molecule has 0 radical (unpaired) electrons. The van der Waals surface area contributed by atoms with Crippen molar-refractivity contribution in [3.63, 3.8) is 0 Å². The highest BCUT2D eigenvalue weighted by atomic mass is 16.2. The summed E-state index contributed by atoms with van der Waals surface area (Å²) in [7, 11) is 0. The number of carbonyl (C=O) groups is 2. The van der Waals surface area contributed by atoms with Crippen molar-refractivity contribution in [2.75, 3.05) is 13.1 Å². The summed E-state index contributed by atoms with van der Waals surface area (Å²) >= 11 is 0. The molecule has 4 heteroatoms. The second-order valence-electron chi connectivity index (χ2n) is 8.42. The predicted molar refractivity (Wildman–Crippen MR) is 99.2 cm³/mol. The lowest BCUT2D eigenvalue weighted by atomic mass is 9.87.